The Labute approximate surface area is 237 Å². The van der Waals surface area contributed by atoms with Gasteiger partial charge in [0.2, 0.25) is 5.89 Å². The van der Waals surface area contributed by atoms with Gasteiger partial charge in [-0.2, -0.15) is 16.8 Å². The number of sulfonamides is 2. The van der Waals surface area contributed by atoms with Crippen LogP contribution in [0.5, 0.6) is 0 Å². The van der Waals surface area contributed by atoms with Gasteiger partial charge in [-0.15, -0.1) is 10.2 Å². The second kappa shape index (κ2) is 11.4. The van der Waals surface area contributed by atoms with Crippen molar-refractivity contribution in [2.45, 2.75) is 23.6 Å². The lowest BCUT2D eigenvalue weighted by Crippen LogP contribution is -1.95. The highest BCUT2D eigenvalue weighted by Gasteiger charge is 2.14. The molecule has 1 heterocycles. The highest BCUT2D eigenvalue weighted by molar-refractivity contribution is 7.90. The Morgan fingerprint density at radius 3 is 1.41 bits per heavy atom. The topological polar surface area (TPSA) is 144 Å². The van der Waals surface area contributed by atoms with Crippen LogP contribution < -0.4 is 0 Å². The third-order valence-corrected chi connectivity index (χ3v) is 8.27. The molecule has 0 aliphatic rings. The number of hydrogen-bond acceptors (Lipinski definition) is 8. The van der Waals surface area contributed by atoms with Crippen molar-refractivity contribution in [1.29, 1.82) is 0 Å². The largest absolute Gasteiger partial charge is 0.436 e. The Kier molecular flexibility index (Phi) is 7.68. The summed E-state index contributed by atoms with van der Waals surface area (Å²) in [5.41, 5.74) is 3.96. The molecule has 0 aliphatic carbocycles. The summed E-state index contributed by atoms with van der Waals surface area (Å²) in [6.45, 7) is 3.73. The number of oxazole rings is 1. The average Bonchev–Trinajstić information content (AvgIpc) is 3.47. The van der Waals surface area contributed by atoms with Gasteiger partial charge in [-0.1, -0.05) is 44.4 Å². The van der Waals surface area contributed by atoms with E-state index in [0.717, 1.165) is 11.1 Å². The normalized spacial score (nSPS) is 12.3. The van der Waals surface area contributed by atoms with Gasteiger partial charge in [0.25, 0.3) is 20.0 Å². The van der Waals surface area contributed by atoms with Gasteiger partial charge in [0.15, 0.2) is 5.76 Å². The van der Waals surface area contributed by atoms with Crippen molar-refractivity contribution >= 4 is 31.4 Å². The van der Waals surface area contributed by atoms with E-state index in [-0.39, 0.29) is 9.79 Å². The Morgan fingerprint density at radius 1 is 0.561 bits per heavy atom. The third-order valence-electron chi connectivity index (χ3n) is 5.94. The molecule has 0 unspecified atom stereocenters. The van der Waals surface area contributed by atoms with E-state index in [1.54, 1.807) is 79.0 Å². The summed E-state index contributed by atoms with van der Waals surface area (Å²) in [7, 11) is -7.81. The van der Waals surface area contributed by atoms with E-state index in [1.165, 1.54) is 24.3 Å². The van der Waals surface area contributed by atoms with Crippen LogP contribution in [0.4, 0.5) is 11.4 Å². The molecule has 5 aromatic rings. The summed E-state index contributed by atoms with van der Waals surface area (Å²) >= 11 is 0. The maximum Gasteiger partial charge on any atom is 0.299 e. The van der Waals surface area contributed by atoms with Crippen LogP contribution in [0.1, 0.15) is 11.1 Å². The summed E-state index contributed by atoms with van der Waals surface area (Å²) in [5.74, 6) is 0.840. The molecule has 0 saturated carbocycles. The fourth-order valence-electron chi connectivity index (χ4n) is 3.62. The number of hydrogen-bond donors (Lipinski definition) is 0. The molecule has 0 fully saturated rings. The zero-order valence-electron chi connectivity index (χ0n) is 21.9. The van der Waals surface area contributed by atoms with Gasteiger partial charge in [0, 0.05) is 11.1 Å². The molecule has 0 spiro atoms. The molecule has 0 amide bonds. The van der Waals surface area contributed by atoms with Crippen molar-refractivity contribution in [1.82, 2.24) is 4.98 Å². The van der Waals surface area contributed by atoms with Gasteiger partial charge >= 0.3 is 0 Å². The van der Waals surface area contributed by atoms with Crippen LogP contribution in [-0.2, 0) is 20.0 Å². The standard InChI is InChI=1S/C29H23N5O5S2/c1-20-3-15-26(16-4-20)40(35,36)33-31-24-11-7-22(8-12-24)28-19-30-29(39-28)23-9-13-25(14-10-23)32-34-41(37,38)27-17-5-21(2)6-18-27/h3-19H,1-2H3/b33-31+,34-32+. The maximum atomic E-state index is 12.4. The minimum atomic E-state index is -3.91. The van der Waals surface area contributed by atoms with Crippen LogP contribution >= 0.6 is 0 Å². The summed E-state index contributed by atoms with van der Waals surface area (Å²) in [4.78, 5) is 4.46. The lowest BCUT2D eigenvalue weighted by Gasteiger charge is -2.00. The summed E-state index contributed by atoms with van der Waals surface area (Å²) in [6, 6.07) is 26.0. The van der Waals surface area contributed by atoms with Crippen LogP contribution in [0.2, 0.25) is 0 Å². The molecular formula is C29H23N5O5S2. The predicted molar refractivity (Wildman–Crippen MR) is 153 cm³/mol. The Hall–Kier alpha value is -4.81. The Morgan fingerprint density at radius 2 is 0.976 bits per heavy atom. The highest BCUT2D eigenvalue weighted by Crippen LogP contribution is 2.29. The molecule has 0 aliphatic heterocycles. The van der Waals surface area contributed by atoms with Crippen LogP contribution in [0.25, 0.3) is 22.8 Å². The molecule has 0 saturated heterocycles. The highest BCUT2D eigenvalue weighted by atomic mass is 32.2. The molecule has 0 atom stereocenters. The van der Waals surface area contributed by atoms with E-state index in [1.807, 2.05) is 13.8 Å². The van der Waals surface area contributed by atoms with Gasteiger partial charge in [-0.25, -0.2) is 4.98 Å². The minimum absolute atomic E-state index is 0.0687. The lowest BCUT2D eigenvalue weighted by molar-refractivity contribution is 0.588. The van der Waals surface area contributed by atoms with Crippen LogP contribution in [0, 0.1) is 13.8 Å². The van der Waals surface area contributed by atoms with Gasteiger partial charge in [0.1, 0.15) is 0 Å². The average molecular weight is 586 g/mol. The summed E-state index contributed by atoms with van der Waals surface area (Å²) in [5, 5.41) is 7.72. The molecule has 0 bridgehead atoms. The second-order valence-corrected chi connectivity index (χ2v) is 12.2. The number of aryl methyl sites for hydroxylation is 2. The Balaban J connectivity index is 1.26. The van der Waals surface area contributed by atoms with Gasteiger partial charge < -0.3 is 4.42 Å². The first kappa shape index (κ1) is 27.7. The fraction of sp³-hybridized carbons (Fsp3) is 0.0690. The molecule has 0 radical (unpaired) electrons. The van der Waals surface area contributed by atoms with Crippen molar-refractivity contribution in [2.75, 3.05) is 0 Å². The second-order valence-electron chi connectivity index (χ2n) is 9.06. The molecule has 41 heavy (non-hydrogen) atoms. The molecular weight excluding hydrogens is 562 g/mol. The first-order valence-corrected chi connectivity index (χ1v) is 15.1. The fourth-order valence-corrected chi connectivity index (χ4v) is 5.17. The minimum Gasteiger partial charge on any atom is -0.436 e. The van der Waals surface area contributed by atoms with Gasteiger partial charge in [-0.3, -0.25) is 0 Å². The van der Waals surface area contributed by atoms with E-state index >= 15 is 0 Å². The van der Waals surface area contributed by atoms with Crippen LogP contribution in [-0.4, -0.2) is 21.8 Å². The zero-order chi connectivity index (χ0) is 29.0. The van der Waals surface area contributed by atoms with Crippen molar-refractivity contribution in [3.05, 3.63) is 114 Å². The quantitative estimate of drug-likeness (QED) is 0.172. The van der Waals surface area contributed by atoms with E-state index in [0.29, 0.717) is 34.2 Å². The molecule has 12 heteroatoms. The van der Waals surface area contributed by atoms with E-state index in [2.05, 4.69) is 24.3 Å². The van der Waals surface area contributed by atoms with E-state index < -0.39 is 20.0 Å². The van der Waals surface area contributed by atoms with Crippen molar-refractivity contribution in [2.24, 2.45) is 19.3 Å². The van der Waals surface area contributed by atoms with Crippen LogP contribution in [0.15, 0.2) is 137 Å². The lowest BCUT2D eigenvalue weighted by atomic mass is 10.2. The smallest absolute Gasteiger partial charge is 0.299 e. The first-order valence-electron chi connectivity index (χ1n) is 12.3. The molecule has 0 N–H and O–H groups in total. The van der Waals surface area contributed by atoms with E-state index in [4.69, 9.17) is 4.42 Å². The monoisotopic (exact) mass is 585 g/mol. The summed E-state index contributed by atoms with van der Waals surface area (Å²) in [6.07, 6.45) is 1.56. The van der Waals surface area contributed by atoms with Crippen LogP contribution in [0.3, 0.4) is 0 Å². The number of benzene rings is 4. The van der Waals surface area contributed by atoms with Gasteiger partial charge in [-0.05, 0) is 86.6 Å². The summed E-state index contributed by atoms with van der Waals surface area (Å²) < 4.78 is 62.5. The van der Waals surface area contributed by atoms with E-state index in [9.17, 15) is 16.8 Å². The number of nitrogens with zero attached hydrogens (tertiary/aromatic N) is 5. The number of aromatic nitrogens is 1. The predicted octanol–water partition coefficient (Wildman–Crippen LogP) is 7.57. The maximum absolute atomic E-state index is 12.4. The molecule has 4 aromatic carbocycles. The third kappa shape index (κ3) is 6.68. The number of rotatable bonds is 8. The van der Waals surface area contributed by atoms with Crippen molar-refractivity contribution in [3.63, 3.8) is 0 Å². The Bertz CT molecular complexity index is 1800. The zero-order valence-corrected chi connectivity index (χ0v) is 23.5. The molecule has 10 nitrogen and oxygen atoms in total. The van der Waals surface area contributed by atoms with Crippen molar-refractivity contribution in [3.8, 4) is 22.8 Å². The van der Waals surface area contributed by atoms with Gasteiger partial charge in [0.05, 0.1) is 27.4 Å². The molecule has 206 valence electrons. The molecule has 5 rings (SSSR count). The SMILES string of the molecule is Cc1ccc(S(=O)(=O)/N=N/c2ccc(-c3cnc(-c4ccc(/N=N/S(=O)(=O)c5ccc(C)cc5)cc4)o3)cc2)cc1. The van der Waals surface area contributed by atoms with Crippen molar-refractivity contribution < 1.29 is 21.3 Å². The first-order chi connectivity index (χ1) is 19.6. The molecule has 1 aromatic heterocycles.